The number of benzene rings is 3. The lowest BCUT2D eigenvalue weighted by atomic mass is 9.83. The molecule has 3 aromatic carbocycles. The Hall–Kier alpha value is -3.46. The highest BCUT2D eigenvalue weighted by atomic mass is 16.1. The number of para-hydroxylation sites is 1. The lowest BCUT2D eigenvalue weighted by Crippen LogP contribution is -2.12. The van der Waals surface area contributed by atoms with Crippen molar-refractivity contribution in [3.8, 4) is 11.1 Å². The van der Waals surface area contributed by atoms with Crippen molar-refractivity contribution in [1.82, 2.24) is 4.98 Å². The Bertz CT molecular complexity index is 1130. The minimum absolute atomic E-state index is 0.0540. The molecule has 0 radical (unpaired) electrons. The van der Waals surface area contributed by atoms with E-state index in [1.807, 2.05) is 93.0 Å². The third kappa shape index (κ3) is 2.77. The van der Waals surface area contributed by atoms with Crippen molar-refractivity contribution in [2.45, 2.75) is 13.8 Å². The normalized spacial score (nSPS) is 11.4. The van der Waals surface area contributed by atoms with Crippen LogP contribution in [0.1, 0.15) is 29.8 Å². The summed E-state index contributed by atoms with van der Waals surface area (Å²) in [6.07, 6.45) is 3.66. The fourth-order valence-corrected chi connectivity index (χ4v) is 3.57. The number of fused-ring (bicyclic) bond motifs is 2. The quantitative estimate of drug-likeness (QED) is 0.410. The van der Waals surface area contributed by atoms with Gasteiger partial charge in [-0.25, -0.2) is 0 Å². The van der Waals surface area contributed by atoms with Crippen molar-refractivity contribution >= 4 is 27.9 Å². The van der Waals surface area contributed by atoms with Crippen LogP contribution in [0.4, 0.5) is 11.4 Å². The van der Waals surface area contributed by atoms with Gasteiger partial charge < -0.3 is 5.32 Å². The minimum Gasteiger partial charge on any atom is -0.355 e. The zero-order valence-electron chi connectivity index (χ0n) is 15.4. The number of rotatable bonds is 2. The maximum Gasteiger partial charge on any atom is 0.196 e. The Morgan fingerprint density at radius 1 is 0.741 bits per heavy atom. The molecule has 0 aliphatic heterocycles. The second-order valence-electron chi connectivity index (χ2n) is 6.14. The molecule has 27 heavy (non-hydrogen) atoms. The molecule has 0 spiro atoms. The first-order valence-corrected chi connectivity index (χ1v) is 9.20. The molecule has 0 saturated heterocycles. The second-order valence-corrected chi connectivity index (χ2v) is 6.14. The molecule has 1 aliphatic rings. The van der Waals surface area contributed by atoms with Crippen LogP contribution in [0.3, 0.4) is 0 Å². The predicted molar refractivity (Wildman–Crippen MR) is 112 cm³/mol. The van der Waals surface area contributed by atoms with Gasteiger partial charge in [0.15, 0.2) is 5.78 Å². The van der Waals surface area contributed by atoms with E-state index in [1.165, 1.54) is 0 Å². The van der Waals surface area contributed by atoms with Gasteiger partial charge in [-0.1, -0.05) is 62.4 Å². The molecule has 4 aromatic rings. The van der Waals surface area contributed by atoms with Crippen LogP contribution in [-0.4, -0.2) is 10.8 Å². The van der Waals surface area contributed by atoms with Gasteiger partial charge in [-0.2, -0.15) is 0 Å². The summed E-state index contributed by atoms with van der Waals surface area (Å²) in [6, 6.07) is 21.6. The van der Waals surface area contributed by atoms with E-state index in [9.17, 15) is 4.79 Å². The summed E-state index contributed by atoms with van der Waals surface area (Å²) in [5.41, 5.74) is 5.17. The minimum atomic E-state index is 0.0540. The highest BCUT2D eigenvalue weighted by molar-refractivity contribution is 6.27. The van der Waals surface area contributed by atoms with Crippen molar-refractivity contribution in [3.63, 3.8) is 0 Å². The van der Waals surface area contributed by atoms with Crippen LogP contribution < -0.4 is 5.32 Å². The molecule has 5 rings (SSSR count). The van der Waals surface area contributed by atoms with Crippen molar-refractivity contribution in [1.29, 1.82) is 0 Å². The van der Waals surface area contributed by atoms with Crippen LogP contribution in [0, 0.1) is 0 Å². The predicted octanol–water partition coefficient (Wildman–Crippen LogP) is 6.22. The summed E-state index contributed by atoms with van der Waals surface area (Å²) in [4.78, 5) is 17.6. The first-order chi connectivity index (χ1) is 13.3. The Kier molecular flexibility index (Phi) is 4.43. The zero-order valence-corrected chi connectivity index (χ0v) is 15.4. The van der Waals surface area contributed by atoms with Gasteiger partial charge in [0.05, 0.1) is 11.3 Å². The fourth-order valence-electron chi connectivity index (χ4n) is 3.57. The molecule has 0 amide bonds. The molecule has 0 saturated carbocycles. The molecular formula is C24H20N2O. The lowest BCUT2D eigenvalue weighted by Gasteiger charge is -2.22. The highest BCUT2D eigenvalue weighted by Crippen LogP contribution is 2.41. The maximum absolute atomic E-state index is 13.2. The molecule has 1 aromatic heterocycles. The zero-order chi connectivity index (χ0) is 18.8. The Balaban J connectivity index is 0.000000872. The number of aromatic nitrogens is 1. The Morgan fingerprint density at radius 2 is 1.48 bits per heavy atom. The molecule has 0 atom stereocenters. The Labute approximate surface area is 158 Å². The van der Waals surface area contributed by atoms with Gasteiger partial charge in [-0.15, -0.1) is 0 Å². The van der Waals surface area contributed by atoms with E-state index in [-0.39, 0.29) is 5.78 Å². The average molecular weight is 352 g/mol. The average Bonchev–Trinajstić information content (AvgIpc) is 2.74. The standard InChI is InChI=1S/C22H14N2O.C2H6/c25-22-17-10-4-6-14-12-23-13-18(20(14)17)16-9-5-11-19(21(16)22)24-15-7-2-1-3-8-15;1-2/h1-13,24H;1-2H3. The fraction of sp³-hybridized carbons (Fsp3) is 0.0833. The molecular weight excluding hydrogens is 332 g/mol. The second kappa shape index (κ2) is 7.04. The third-order valence-electron chi connectivity index (χ3n) is 4.66. The van der Waals surface area contributed by atoms with Crippen molar-refractivity contribution in [3.05, 3.63) is 90.3 Å². The summed E-state index contributed by atoms with van der Waals surface area (Å²) < 4.78 is 0. The number of hydrogen-bond donors (Lipinski definition) is 1. The van der Waals surface area contributed by atoms with Gasteiger partial charge in [0, 0.05) is 40.0 Å². The number of hydrogen-bond acceptors (Lipinski definition) is 3. The summed E-state index contributed by atoms with van der Waals surface area (Å²) in [5.74, 6) is 0.0540. The molecule has 3 nitrogen and oxygen atoms in total. The van der Waals surface area contributed by atoms with Gasteiger partial charge in [0.2, 0.25) is 0 Å². The van der Waals surface area contributed by atoms with E-state index in [1.54, 1.807) is 0 Å². The van der Waals surface area contributed by atoms with Crippen LogP contribution in [0.5, 0.6) is 0 Å². The van der Waals surface area contributed by atoms with Gasteiger partial charge in [0.1, 0.15) is 0 Å². The molecule has 1 N–H and O–H groups in total. The topological polar surface area (TPSA) is 42.0 Å². The Morgan fingerprint density at radius 3 is 2.30 bits per heavy atom. The van der Waals surface area contributed by atoms with Crippen molar-refractivity contribution in [2.24, 2.45) is 0 Å². The van der Waals surface area contributed by atoms with Gasteiger partial charge in [-0.05, 0) is 23.8 Å². The number of anilines is 2. The van der Waals surface area contributed by atoms with Crippen LogP contribution in [-0.2, 0) is 0 Å². The smallest absolute Gasteiger partial charge is 0.196 e. The van der Waals surface area contributed by atoms with E-state index in [0.29, 0.717) is 5.56 Å². The highest BCUT2D eigenvalue weighted by Gasteiger charge is 2.27. The maximum atomic E-state index is 13.2. The van der Waals surface area contributed by atoms with Crippen molar-refractivity contribution in [2.75, 3.05) is 5.32 Å². The van der Waals surface area contributed by atoms with Crippen molar-refractivity contribution < 1.29 is 4.79 Å². The molecule has 3 heteroatoms. The van der Waals surface area contributed by atoms with Crippen LogP contribution >= 0.6 is 0 Å². The molecule has 0 bridgehead atoms. The number of nitrogens with zero attached hydrogens (tertiary/aromatic N) is 1. The number of nitrogens with one attached hydrogen (secondary N) is 1. The third-order valence-corrected chi connectivity index (χ3v) is 4.66. The molecule has 0 unspecified atom stereocenters. The monoisotopic (exact) mass is 352 g/mol. The largest absolute Gasteiger partial charge is 0.355 e. The summed E-state index contributed by atoms with van der Waals surface area (Å²) in [6.45, 7) is 4.00. The van der Waals surface area contributed by atoms with E-state index >= 15 is 0 Å². The number of ketones is 1. The summed E-state index contributed by atoms with van der Waals surface area (Å²) in [7, 11) is 0. The molecule has 1 heterocycles. The molecule has 1 aliphatic carbocycles. The van der Waals surface area contributed by atoms with E-state index in [4.69, 9.17) is 0 Å². The summed E-state index contributed by atoms with van der Waals surface area (Å²) in [5, 5.41) is 5.37. The molecule has 132 valence electrons. The number of carbonyl (C=O) groups excluding carboxylic acids is 1. The first-order valence-electron chi connectivity index (χ1n) is 9.20. The van der Waals surface area contributed by atoms with Gasteiger partial charge in [0.25, 0.3) is 0 Å². The summed E-state index contributed by atoms with van der Waals surface area (Å²) >= 11 is 0. The van der Waals surface area contributed by atoms with Crippen LogP contribution in [0.15, 0.2) is 79.1 Å². The van der Waals surface area contributed by atoms with E-state index < -0.39 is 0 Å². The van der Waals surface area contributed by atoms with E-state index in [0.717, 1.165) is 38.8 Å². The van der Waals surface area contributed by atoms with E-state index in [2.05, 4.69) is 10.3 Å². The first kappa shape index (κ1) is 17.0. The van der Waals surface area contributed by atoms with Gasteiger partial charge >= 0.3 is 0 Å². The SMILES string of the molecule is CC.O=C1c2c(Nc3ccccc3)cccc2-c2cncc3cccc1c23. The van der Waals surface area contributed by atoms with Crippen LogP contribution in [0.2, 0.25) is 0 Å². The van der Waals surface area contributed by atoms with Gasteiger partial charge in [-0.3, -0.25) is 9.78 Å². The number of pyridine rings is 1. The van der Waals surface area contributed by atoms with Crippen LogP contribution in [0.25, 0.3) is 21.9 Å². The lowest BCUT2D eigenvalue weighted by molar-refractivity contribution is 0.104. The number of carbonyl (C=O) groups is 1. The molecule has 0 fully saturated rings.